The SMILES string of the molecule is COC(=O)c1cc(C)nc2c1c(=O)n(CC(=O)Nc1ccccc1)c(=O)n2-c1cccc(OC)c1. The summed E-state index contributed by atoms with van der Waals surface area (Å²) in [5.74, 6) is -0.900. The molecule has 2 heterocycles. The van der Waals surface area contributed by atoms with Gasteiger partial charge in [0.25, 0.3) is 5.56 Å². The monoisotopic (exact) mass is 474 g/mol. The van der Waals surface area contributed by atoms with Crippen LogP contribution in [0, 0.1) is 6.92 Å². The number of para-hydroxylation sites is 1. The quantitative estimate of drug-likeness (QED) is 0.426. The van der Waals surface area contributed by atoms with Crippen molar-refractivity contribution in [2.24, 2.45) is 0 Å². The van der Waals surface area contributed by atoms with Gasteiger partial charge in [-0.1, -0.05) is 24.3 Å². The van der Waals surface area contributed by atoms with E-state index in [1.54, 1.807) is 61.5 Å². The molecule has 0 aliphatic carbocycles. The van der Waals surface area contributed by atoms with Crippen LogP contribution >= 0.6 is 0 Å². The summed E-state index contributed by atoms with van der Waals surface area (Å²) in [7, 11) is 2.67. The second-order valence-electron chi connectivity index (χ2n) is 7.63. The minimum Gasteiger partial charge on any atom is -0.497 e. The van der Waals surface area contributed by atoms with E-state index >= 15 is 0 Å². The van der Waals surface area contributed by atoms with Gasteiger partial charge in [0.05, 0.1) is 30.9 Å². The van der Waals surface area contributed by atoms with Crippen LogP contribution in [0.1, 0.15) is 16.1 Å². The second-order valence-corrected chi connectivity index (χ2v) is 7.63. The number of methoxy groups -OCH3 is 2. The van der Waals surface area contributed by atoms with Gasteiger partial charge in [-0.2, -0.15) is 0 Å². The van der Waals surface area contributed by atoms with Crippen LogP contribution in [0.4, 0.5) is 5.69 Å². The minimum absolute atomic E-state index is 0.0339. The first-order chi connectivity index (χ1) is 16.8. The Balaban J connectivity index is 2.00. The highest BCUT2D eigenvalue weighted by molar-refractivity contribution is 6.02. The number of ether oxygens (including phenoxy) is 2. The fourth-order valence-corrected chi connectivity index (χ4v) is 3.72. The van der Waals surface area contributed by atoms with Crippen molar-refractivity contribution < 1.29 is 19.1 Å². The van der Waals surface area contributed by atoms with Gasteiger partial charge in [0.1, 0.15) is 12.3 Å². The molecule has 0 radical (unpaired) electrons. The lowest BCUT2D eigenvalue weighted by atomic mass is 10.1. The van der Waals surface area contributed by atoms with Crippen molar-refractivity contribution in [3.63, 3.8) is 0 Å². The number of benzene rings is 2. The van der Waals surface area contributed by atoms with E-state index in [1.807, 2.05) is 0 Å². The number of pyridine rings is 1. The Hall–Kier alpha value is -4.73. The first-order valence-corrected chi connectivity index (χ1v) is 10.6. The van der Waals surface area contributed by atoms with Gasteiger partial charge in [-0.25, -0.2) is 23.7 Å². The maximum absolute atomic E-state index is 13.6. The third-order valence-electron chi connectivity index (χ3n) is 5.30. The van der Waals surface area contributed by atoms with E-state index in [2.05, 4.69) is 10.3 Å². The molecule has 4 aromatic rings. The van der Waals surface area contributed by atoms with Gasteiger partial charge in [0.2, 0.25) is 5.91 Å². The highest BCUT2D eigenvalue weighted by Crippen LogP contribution is 2.21. The predicted octanol–water partition coefficient (Wildman–Crippen LogP) is 2.29. The van der Waals surface area contributed by atoms with E-state index in [-0.39, 0.29) is 16.6 Å². The zero-order valence-corrected chi connectivity index (χ0v) is 19.3. The van der Waals surface area contributed by atoms with Crippen molar-refractivity contribution in [1.29, 1.82) is 0 Å². The highest BCUT2D eigenvalue weighted by atomic mass is 16.5. The number of anilines is 1. The van der Waals surface area contributed by atoms with Crippen LogP contribution in [0.15, 0.2) is 70.3 Å². The normalized spacial score (nSPS) is 10.7. The highest BCUT2D eigenvalue weighted by Gasteiger charge is 2.24. The maximum Gasteiger partial charge on any atom is 0.338 e. The second kappa shape index (κ2) is 9.64. The van der Waals surface area contributed by atoms with E-state index in [9.17, 15) is 19.2 Å². The van der Waals surface area contributed by atoms with Gasteiger partial charge in [0, 0.05) is 17.4 Å². The number of nitrogens with one attached hydrogen (secondary N) is 1. The van der Waals surface area contributed by atoms with Crippen LogP contribution in [-0.2, 0) is 16.1 Å². The smallest absolute Gasteiger partial charge is 0.338 e. The lowest BCUT2D eigenvalue weighted by molar-refractivity contribution is -0.116. The molecule has 0 unspecified atom stereocenters. The molecular weight excluding hydrogens is 452 g/mol. The molecule has 0 aliphatic rings. The fourth-order valence-electron chi connectivity index (χ4n) is 3.72. The summed E-state index contributed by atoms with van der Waals surface area (Å²) in [5, 5.41) is 2.51. The summed E-state index contributed by atoms with van der Waals surface area (Å²) in [5.41, 5.74) is -0.485. The number of fused-ring (bicyclic) bond motifs is 1. The number of hydrogen-bond acceptors (Lipinski definition) is 7. The van der Waals surface area contributed by atoms with Crippen LogP contribution in [0.3, 0.4) is 0 Å². The number of aromatic nitrogens is 3. The molecule has 2 aromatic heterocycles. The summed E-state index contributed by atoms with van der Waals surface area (Å²) >= 11 is 0. The molecule has 0 fully saturated rings. The number of hydrogen-bond donors (Lipinski definition) is 1. The van der Waals surface area contributed by atoms with Crippen molar-refractivity contribution >= 4 is 28.6 Å². The number of esters is 1. The Morgan fingerprint density at radius 3 is 2.43 bits per heavy atom. The molecule has 1 amide bonds. The number of carbonyl (C=O) groups is 2. The van der Waals surface area contributed by atoms with Gasteiger partial charge in [0.15, 0.2) is 5.65 Å². The fraction of sp³-hybridized carbons (Fsp3) is 0.160. The summed E-state index contributed by atoms with van der Waals surface area (Å²) < 4.78 is 12.1. The molecule has 0 aliphatic heterocycles. The number of nitrogens with zero attached hydrogens (tertiary/aromatic N) is 3. The van der Waals surface area contributed by atoms with Crippen molar-refractivity contribution in [3.8, 4) is 11.4 Å². The summed E-state index contributed by atoms with van der Waals surface area (Å²) in [6.45, 7) is 1.05. The molecule has 0 spiro atoms. The standard InChI is InChI=1S/C25H22N4O6/c1-15-12-19(24(32)35-3)21-22(26-15)29(17-10-7-11-18(13-17)34-2)25(33)28(23(21)31)14-20(30)27-16-8-5-4-6-9-16/h4-13H,14H2,1-3H3,(H,27,30). The number of aryl methyl sites for hydroxylation is 1. The lowest BCUT2D eigenvalue weighted by Crippen LogP contribution is -2.43. The molecule has 2 aromatic carbocycles. The predicted molar refractivity (Wildman–Crippen MR) is 129 cm³/mol. The van der Waals surface area contributed by atoms with Crippen molar-refractivity contribution in [2.45, 2.75) is 13.5 Å². The van der Waals surface area contributed by atoms with Gasteiger partial charge in [-0.3, -0.25) is 9.59 Å². The zero-order valence-electron chi connectivity index (χ0n) is 19.3. The average molecular weight is 474 g/mol. The van der Waals surface area contributed by atoms with Crippen LogP contribution in [0.5, 0.6) is 5.75 Å². The third-order valence-corrected chi connectivity index (χ3v) is 5.30. The molecule has 10 heteroatoms. The van der Waals surface area contributed by atoms with E-state index in [4.69, 9.17) is 9.47 Å². The molecule has 178 valence electrons. The molecule has 0 saturated carbocycles. The van der Waals surface area contributed by atoms with Gasteiger partial charge in [-0.15, -0.1) is 0 Å². The van der Waals surface area contributed by atoms with Crippen molar-refractivity contribution in [2.75, 3.05) is 19.5 Å². The molecule has 10 nitrogen and oxygen atoms in total. The summed E-state index contributed by atoms with van der Waals surface area (Å²) in [6, 6.07) is 16.6. The Morgan fingerprint density at radius 2 is 1.74 bits per heavy atom. The molecule has 4 rings (SSSR count). The largest absolute Gasteiger partial charge is 0.497 e. The first-order valence-electron chi connectivity index (χ1n) is 10.6. The van der Waals surface area contributed by atoms with E-state index < -0.39 is 29.7 Å². The molecular formula is C25H22N4O6. The molecule has 0 bridgehead atoms. The molecule has 0 saturated heterocycles. The Morgan fingerprint density at radius 1 is 1.00 bits per heavy atom. The molecule has 1 N–H and O–H groups in total. The van der Waals surface area contributed by atoms with E-state index in [1.165, 1.54) is 24.9 Å². The van der Waals surface area contributed by atoms with E-state index in [0.29, 0.717) is 22.8 Å². The number of rotatable bonds is 6. The van der Waals surface area contributed by atoms with Crippen LogP contribution in [0.2, 0.25) is 0 Å². The average Bonchev–Trinajstić information content (AvgIpc) is 2.86. The topological polar surface area (TPSA) is 122 Å². The molecule has 0 atom stereocenters. The van der Waals surface area contributed by atoms with Gasteiger partial charge >= 0.3 is 11.7 Å². The maximum atomic E-state index is 13.6. The molecule has 35 heavy (non-hydrogen) atoms. The summed E-state index contributed by atoms with van der Waals surface area (Å²) in [4.78, 5) is 56.8. The zero-order chi connectivity index (χ0) is 25.1. The van der Waals surface area contributed by atoms with Crippen molar-refractivity contribution in [1.82, 2.24) is 14.1 Å². The number of carbonyl (C=O) groups excluding carboxylic acids is 2. The summed E-state index contributed by atoms with van der Waals surface area (Å²) in [6.07, 6.45) is 0. The Labute approximate surface area is 199 Å². The van der Waals surface area contributed by atoms with Gasteiger partial charge < -0.3 is 14.8 Å². The van der Waals surface area contributed by atoms with E-state index in [0.717, 1.165) is 4.57 Å². The van der Waals surface area contributed by atoms with Crippen LogP contribution in [0.25, 0.3) is 16.7 Å². The first kappa shape index (κ1) is 23.4. The van der Waals surface area contributed by atoms with Crippen LogP contribution in [-0.4, -0.2) is 40.2 Å². The number of amides is 1. The van der Waals surface area contributed by atoms with Gasteiger partial charge in [-0.05, 0) is 37.3 Å². The van der Waals surface area contributed by atoms with Crippen LogP contribution < -0.4 is 21.3 Å². The third kappa shape index (κ3) is 4.54. The Kier molecular flexibility index (Phi) is 6.45. The van der Waals surface area contributed by atoms with Crippen molar-refractivity contribution in [3.05, 3.63) is 92.8 Å². The Bertz CT molecular complexity index is 1560. The minimum atomic E-state index is -0.833. The lowest BCUT2D eigenvalue weighted by Gasteiger charge is -2.16.